The van der Waals surface area contributed by atoms with E-state index >= 15 is 0 Å². The molecule has 0 aliphatic carbocycles. The van der Waals surface area contributed by atoms with E-state index in [1.165, 1.54) is 0 Å². The molecular formula is C18H21ClN4S. The van der Waals surface area contributed by atoms with E-state index in [1.807, 2.05) is 46.7 Å². The molecule has 6 heteroatoms. The molecule has 24 heavy (non-hydrogen) atoms. The van der Waals surface area contributed by atoms with E-state index in [1.54, 1.807) is 11.3 Å². The molecule has 0 unspecified atom stereocenters. The zero-order valence-electron chi connectivity index (χ0n) is 13.9. The van der Waals surface area contributed by atoms with E-state index in [-0.39, 0.29) is 17.9 Å². The Morgan fingerprint density at radius 2 is 1.88 bits per heavy atom. The van der Waals surface area contributed by atoms with Gasteiger partial charge in [-0.2, -0.15) is 10.2 Å². The Hall–Kier alpha value is -2.11. The van der Waals surface area contributed by atoms with Gasteiger partial charge in [-0.05, 0) is 38.3 Å². The fourth-order valence-electron chi connectivity index (χ4n) is 2.11. The minimum Gasteiger partial charge on any atom is -0.305 e. The minimum absolute atomic E-state index is 0. The first-order valence-corrected chi connectivity index (χ1v) is 8.40. The van der Waals surface area contributed by atoms with E-state index in [2.05, 4.69) is 49.5 Å². The van der Waals surface area contributed by atoms with E-state index in [0.717, 1.165) is 21.8 Å². The van der Waals surface area contributed by atoms with Gasteiger partial charge in [-0.25, -0.2) is 4.68 Å². The molecule has 0 spiro atoms. The number of nitrogens with zero attached hydrogens (tertiary/aromatic N) is 3. The standard InChI is InChI=1S/C18H20N4S.ClH/c1-18(2,3)21-19-12-15-13-22(16-10-7-11-23-16)20-17(15)14-8-5-4-6-9-14;/h4-13,21H,1-3H3;1H. The number of aromatic nitrogens is 2. The van der Waals surface area contributed by atoms with Crippen LogP contribution < -0.4 is 5.43 Å². The van der Waals surface area contributed by atoms with E-state index in [4.69, 9.17) is 5.10 Å². The van der Waals surface area contributed by atoms with Crippen molar-refractivity contribution >= 4 is 30.0 Å². The van der Waals surface area contributed by atoms with Gasteiger partial charge < -0.3 is 5.43 Å². The van der Waals surface area contributed by atoms with Crippen LogP contribution in [0.3, 0.4) is 0 Å². The van der Waals surface area contributed by atoms with Gasteiger partial charge >= 0.3 is 0 Å². The van der Waals surface area contributed by atoms with Crippen LogP contribution in [-0.4, -0.2) is 21.5 Å². The first kappa shape index (κ1) is 18.2. The first-order chi connectivity index (χ1) is 11.0. The number of halogens is 1. The highest BCUT2D eigenvalue weighted by atomic mass is 35.5. The molecule has 2 aromatic heterocycles. The summed E-state index contributed by atoms with van der Waals surface area (Å²) in [6, 6.07) is 14.3. The zero-order chi connectivity index (χ0) is 16.3. The lowest BCUT2D eigenvalue weighted by Crippen LogP contribution is -2.31. The lowest BCUT2D eigenvalue weighted by molar-refractivity contribution is 0.442. The lowest BCUT2D eigenvalue weighted by Gasteiger charge is -2.16. The molecule has 0 aliphatic rings. The number of nitrogens with one attached hydrogen (secondary N) is 1. The summed E-state index contributed by atoms with van der Waals surface area (Å²) in [6.07, 6.45) is 3.85. The molecule has 1 N–H and O–H groups in total. The van der Waals surface area contributed by atoms with Crippen LogP contribution in [0.1, 0.15) is 26.3 Å². The third-order valence-electron chi connectivity index (χ3n) is 3.13. The average Bonchev–Trinajstić information content (AvgIpc) is 3.16. The van der Waals surface area contributed by atoms with Crippen molar-refractivity contribution in [3.8, 4) is 16.3 Å². The topological polar surface area (TPSA) is 42.2 Å². The molecule has 0 fully saturated rings. The number of hydrazone groups is 1. The number of benzene rings is 1. The van der Waals surface area contributed by atoms with Crippen molar-refractivity contribution in [2.45, 2.75) is 26.3 Å². The Kier molecular flexibility index (Phi) is 5.80. The molecule has 0 saturated heterocycles. The second-order valence-electron chi connectivity index (χ2n) is 6.31. The van der Waals surface area contributed by atoms with Crippen molar-refractivity contribution in [2.24, 2.45) is 5.10 Å². The smallest absolute Gasteiger partial charge is 0.117 e. The van der Waals surface area contributed by atoms with Gasteiger partial charge in [0.2, 0.25) is 0 Å². The van der Waals surface area contributed by atoms with Gasteiger partial charge in [-0.3, -0.25) is 0 Å². The summed E-state index contributed by atoms with van der Waals surface area (Å²) >= 11 is 1.66. The maximum absolute atomic E-state index is 4.75. The summed E-state index contributed by atoms with van der Waals surface area (Å²) < 4.78 is 1.91. The van der Waals surface area contributed by atoms with Crippen LogP contribution in [0.2, 0.25) is 0 Å². The maximum Gasteiger partial charge on any atom is 0.117 e. The minimum atomic E-state index is -0.0623. The van der Waals surface area contributed by atoms with Crippen molar-refractivity contribution in [1.29, 1.82) is 0 Å². The summed E-state index contributed by atoms with van der Waals surface area (Å²) in [5, 5.41) is 12.3. The van der Waals surface area contributed by atoms with Crippen LogP contribution >= 0.6 is 23.7 Å². The van der Waals surface area contributed by atoms with Gasteiger partial charge in [-0.15, -0.1) is 23.7 Å². The van der Waals surface area contributed by atoms with Crippen LogP contribution in [-0.2, 0) is 0 Å². The van der Waals surface area contributed by atoms with E-state index in [0.29, 0.717) is 0 Å². The quantitative estimate of drug-likeness (QED) is 0.539. The summed E-state index contributed by atoms with van der Waals surface area (Å²) in [4.78, 5) is 0. The highest BCUT2D eigenvalue weighted by Crippen LogP contribution is 2.24. The number of thiophene rings is 1. The van der Waals surface area contributed by atoms with Crippen molar-refractivity contribution < 1.29 is 0 Å². The summed E-state index contributed by atoms with van der Waals surface area (Å²) in [7, 11) is 0. The predicted molar refractivity (Wildman–Crippen MR) is 105 cm³/mol. The summed E-state index contributed by atoms with van der Waals surface area (Å²) in [5.41, 5.74) is 6.07. The Labute approximate surface area is 152 Å². The van der Waals surface area contributed by atoms with Gasteiger partial charge in [0.25, 0.3) is 0 Å². The SMILES string of the molecule is CC(C)(C)NN=Cc1cn(-c2cccs2)nc1-c1ccccc1.Cl. The van der Waals surface area contributed by atoms with Crippen LogP contribution in [0, 0.1) is 0 Å². The Morgan fingerprint density at radius 1 is 1.12 bits per heavy atom. The van der Waals surface area contributed by atoms with Gasteiger partial charge in [0.15, 0.2) is 0 Å². The molecule has 0 bridgehead atoms. The van der Waals surface area contributed by atoms with Crippen LogP contribution in [0.4, 0.5) is 0 Å². The fraction of sp³-hybridized carbons (Fsp3) is 0.222. The van der Waals surface area contributed by atoms with Gasteiger partial charge in [0.05, 0.1) is 6.21 Å². The molecule has 0 atom stereocenters. The zero-order valence-corrected chi connectivity index (χ0v) is 15.6. The highest BCUT2D eigenvalue weighted by molar-refractivity contribution is 7.12. The molecule has 0 amide bonds. The molecule has 3 aromatic rings. The van der Waals surface area contributed by atoms with E-state index in [9.17, 15) is 0 Å². The molecule has 1 aromatic carbocycles. The van der Waals surface area contributed by atoms with Crippen molar-refractivity contribution in [3.63, 3.8) is 0 Å². The molecule has 2 heterocycles. The van der Waals surface area contributed by atoms with Crippen LogP contribution in [0.25, 0.3) is 16.3 Å². The summed E-state index contributed by atoms with van der Waals surface area (Å²) in [6.45, 7) is 6.24. The van der Waals surface area contributed by atoms with Crippen molar-refractivity contribution in [1.82, 2.24) is 15.2 Å². The predicted octanol–water partition coefficient (Wildman–Crippen LogP) is 4.74. The van der Waals surface area contributed by atoms with E-state index < -0.39 is 0 Å². The maximum atomic E-state index is 4.75. The van der Waals surface area contributed by atoms with Gasteiger partial charge in [0, 0.05) is 22.9 Å². The number of hydrogen-bond acceptors (Lipinski definition) is 4. The number of rotatable bonds is 4. The third-order valence-corrected chi connectivity index (χ3v) is 3.98. The number of hydrogen-bond donors (Lipinski definition) is 1. The normalized spacial score (nSPS) is 11.5. The lowest BCUT2D eigenvalue weighted by atomic mass is 10.1. The van der Waals surface area contributed by atoms with Gasteiger partial charge in [0.1, 0.15) is 10.7 Å². The second-order valence-corrected chi connectivity index (χ2v) is 7.24. The Balaban J connectivity index is 0.00000208. The Bertz CT molecular complexity index is 786. The molecule has 4 nitrogen and oxygen atoms in total. The molecular weight excluding hydrogens is 340 g/mol. The highest BCUT2D eigenvalue weighted by Gasteiger charge is 2.12. The Morgan fingerprint density at radius 3 is 2.50 bits per heavy atom. The monoisotopic (exact) mass is 360 g/mol. The average molecular weight is 361 g/mol. The fourth-order valence-corrected chi connectivity index (χ4v) is 2.77. The summed E-state index contributed by atoms with van der Waals surface area (Å²) in [5.74, 6) is 0. The largest absolute Gasteiger partial charge is 0.305 e. The molecule has 0 radical (unpaired) electrons. The first-order valence-electron chi connectivity index (χ1n) is 7.52. The molecule has 3 rings (SSSR count). The molecule has 0 saturated carbocycles. The van der Waals surface area contributed by atoms with Crippen molar-refractivity contribution in [2.75, 3.05) is 0 Å². The molecule has 0 aliphatic heterocycles. The third kappa shape index (κ3) is 4.46. The molecule has 126 valence electrons. The van der Waals surface area contributed by atoms with Crippen molar-refractivity contribution in [3.05, 3.63) is 59.6 Å². The van der Waals surface area contributed by atoms with Crippen LogP contribution in [0.15, 0.2) is 59.1 Å². The van der Waals surface area contributed by atoms with Crippen LogP contribution in [0.5, 0.6) is 0 Å². The second kappa shape index (κ2) is 7.64. The van der Waals surface area contributed by atoms with Gasteiger partial charge in [-0.1, -0.05) is 30.3 Å².